The Morgan fingerprint density at radius 2 is 1.59 bits per heavy atom. The van der Waals surface area contributed by atoms with Crippen molar-refractivity contribution < 1.29 is 0 Å². The maximum atomic E-state index is 4.96. The quantitative estimate of drug-likeness (QED) is 0.295. The SMILES string of the molecule is Cc1ccc2sc3c(-c4nc(C5=CCCC=C5)nc(-c5ccccc5)n4)cccc3c2c1. The monoisotopic (exact) mass is 431 g/mol. The van der Waals surface area contributed by atoms with Crippen LogP contribution in [0.1, 0.15) is 24.2 Å². The number of allylic oxidation sites excluding steroid dienone is 4. The Kier molecular flexibility index (Phi) is 4.66. The third-order valence-corrected chi connectivity index (χ3v) is 7.03. The standard InChI is InChI=1S/C28H21N3S/c1-18-15-16-24-23(17-18)21-13-8-14-22(25(21)32-24)28-30-26(19-9-4-2-5-10-19)29-27(31-28)20-11-6-3-7-12-20/h2,4-6,8-17H,3,7H2,1H3. The van der Waals surface area contributed by atoms with Gasteiger partial charge in [-0.15, -0.1) is 11.3 Å². The minimum atomic E-state index is 0.708. The largest absolute Gasteiger partial charge is 0.208 e. The summed E-state index contributed by atoms with van der Waals surface area (Å²) >= 11 is 1.81. The van der Waals surface area contributed by atoms with Gasteiger partial charge in [0, 0.05) is 36.9 Å². The summed E-state index contributed by atoms with van der Waals surface area (Å²) in [7, 11) is 0. The highest BCUT2D eigenvalue weighted by Gasteiger charge is 2.17. The molecule has 3 aromatic carbocycles. The predicted octanol–water partition coefficient (Wildman–Crippen LogP) is 7.62. The smallest absolute Gasteiger partial charge is 0.165 e. The summed E-state index contributed by atoms with van der Waals surface area (Å²) in [5.41, 5.74) is 4.39. The number of hydrogen-bond acceptors (Lipinski definition) is 4. The first-order valence-corrected chi connectivity index (χ1v) is 11.7. The molecule has 3 nitrogen and oxygen atoms in total. The van der Waals surface area contributed by atoms with Crippen LogP contribution in [0.2, 0.25) is 0 Å². The van der Waals surface area contributed by atoms with Gasteiger partial charge in [0.15, 0.2) is 17.5 Å². The zero-order chi connectivity index (χ0) is 21.5. The molecule has 2 aromatic heterocycles. The Hall–Kier alpha value is -3.63. The predicted molar refractivity (Wildman–Crippen MR) is 135 cm³/mol. The molecule has 0 atom stereocenters. The average Bonchev–Trinajstić information content (AvgIpc) is 3.23. The van der Waals surface area contributed by atoms with Crippen LogP contribution < -0.4 is 0 Å². The van der Waals surface area contributed by atoms with Crippen LogP contribution in [0.5, 0.6) is 0 Å². The third kappa shape index (κ3) is 3.33. The second-order valence-electron chi connectivity index (χ2n) is 8.10. The number of nitrogens with zero attached hydrogens (tertiary/aromatic N) is 3. The molecular formula is C28H21N3S. The van der Waals surface area contributed by atoms with Gasteiger partial charge in [-0.25, -0.2) is 15.0 Å². The van der Waals surface area contributed by atoms with E-state index < -0.39 is 0 Å². The summed E-state index contributed by atoms with van der Waals surface area (Å²) in [6.45, 7) is 2.14. The van der Waals surface area contributed by atoms with E-state index in [4.69, 9.17) is 15.0 Å². The van der Waals surface area contributed by atoms with Crippen LogP contribution in [0.4, 0.5) is 0 Å². The van der Waals surface area contributed by atoms with Crippen LogP contribution in [0, 0.1) is 6.92 Å². The van der Waals surface area contributed by atoms with Crippen molar-refractivity contribution >= 4 is 37.1 Å². The minimum Gasteiger partial charge on any atom is -0.208 e. The van der Waals surface area contributed by atoms with Crippen molar-refractivity contribution in [2.45, 2.75) is 19.8 Å². The fraction of sp³-hybridized carbons (Fsp3) is 0.107. The topological polar surface area (TPSA) is 38.7 Å². The summed E-state index contributed by atoms with van der Waals surface area (Å²) < 4.78 is 2.51. The summed E-state index contributed by atoms with van der Waals surface area (Å²) in [6, 6.07) is 23.3. The van der Waals surface area contributed by atoms with E-state index in [2.05, 4.69) is 73.7 Å². The van der Waals surface area contributed by atoms with Crippen LogP contribution in [0.25, 0.3) is 48.5 Å². The van der Waals surface area contributed by atoms with Gasteiger partial charge in [-0.05, 0) is 38.0 Å². The second kappa shape index (κ2) is 7.81. The molecule has 32 heavy (non-hydrogen) atoms. The summed E-state index contributed by atoms with van der Waals surface area (Å²) in [5.74, 6) is 2.17. The number of hydrogen-bond donors (Lipinski definition) is 0. The number of rotatable bonds is 3. The zero-order valence-corrected chi connectivity index (χ0v) is 18.6. The van der Waals surface area contributed by atoms with Gasteiger partial charge in [-0.2, -0.15) is 0 Å². The van der Waals surface area contributed by atoms with E-state index in [1.54, 1.807) is 11.3 Å². The molecule has 6 rings (SSSR count). The molecule has 5 aromatic rings. The summed E-state index contributed by atoms with van der Waals surface area (Å²) in [6.07, 6.45) is 8.61. The molecular weight excluding hydrogens is 410 g/mol. The first kappa shape index (κ1) is 19.1. The van der Waals surface area contributed by atoms with Gasteiger partial charge in [0.2, 0.25) is 0 Å². The molecule has 1 aliphatic rings. The van der Waals surface area contributed by atoms with Gasteiger partial charge in [0.05, 0.1) is 0 Å². The molecule has 0 bridgehead atoms. The summed E-state index contributed by atoms with van der Waals surface area (Å²) in [4.78, 5) is 14.7. The molecule has 0 unspecified atom stereocenters. The van der Waals surface area contributed by atoms with Gasteiger partial charge in [0.25, 0.3) is 0 Å². The average molecular weight is 432 g/mol. The molecule has 0 aliphatic heterocycles. The Labute approximate surface area is 190 Å². The highest BCUT2D eigenvalue weighted by molar-refractivity contribution is 7.26. The van der Waals surface area contributed by atoms with Crippen molar-refractivity contribution in [3.05, 3.63) is 96.3 Å². The molecule has 4 heteroatoms. The maximum absolute atomic E-state index is 4.96. The lowest BCUT2D eigenvalue weighted by atomic mass is 10.1. The van der Waals surface area contributed by atoms with Crippen molar-refractivity contribution in [3.8, 4) is 22.8 Å². The van der Waals surface area contributed by atoms with Crippen molar-refractivity contribution in [1.82, 2.24) is 15.0 Å². The Balaban J connectivity index is 1.61. The highest BCUT2D eigenvalue weighted by Crippen LogP contribution is 2.39. The van der Waals surface area contributed by atoms with Crippen LogP contribution >= 0.6 is 11.3 Å². The lowest BCUT2D eigenvalue weighted by Gasteiger charge is -2.11. The van der Waals surface area contributed by atoms with E-state index in [0.29, 0.717) is 5.82 Å². The van der Waals surface area contributed by atoms with Gasteiger partial charge in [-0.3, -0.25) is 0 Å². The van der Waals surface area contributed by atoms with Crippen molar-refractivity contribution in [1.29, 1.82) is 0 Å². The van der Waals surface area contributed by atoms with E-state index in [9.17, 15) is 0 Å². The van der Waals surface area contributed by atoms with E-state index in [1.165, 1.54) is 25.7 Å². The summed E-state index contributed by atoms with van der Waals surface area (Å²) in [5, 5.41) is 2.55. The van der Waals surface area contributed by atoms with E-state index in [-0.39, 0.29) is 0 Å². The fourth-order valence-electron chi connectivity index (χ4n) is 4.21. The van der Waals surface area contributed by atoms with Gasteiger partial charge in [0.1, 0.15) is 0 Å². The zero-order valence-electron chi connectivity index (χ0n) is 17.7. The first-order chi connectivity index (χ1) is 15.8. The molecule has 0 amide bonds. The van der Waals surface area contributed by atoms with Crippen LogP contribution in [0.15, 0.2) is 85.0 Å². The second-order valence-corrected chi connectivity index (χ2v) is 9.15. The van der Waals surface area contributed by atoms with Gasteiger partial charge in [-0.1, -0.05) is 72.3 Å². The molecule has 0 N–H and O–H groups in total. The van der Waals surface area contributed by atoms with Crippen molar-refractivity contribution in [3.63, 3.8) is 0 Å². The number of fused-ring (bicyclic) bond motifs is 3. The minimum absolute atomic E-state index is 0.708. The number of benzene rings is 3. The van der Waals surface area contributed by atoms with E-state index in [1.807, 2.05) is 18.2 Å². The van der Waals surface area contributed by atoms with Crippen molar-refractivity contribution in [2.24, 2.45) is 0 Å². The Bertz CT molecular complexity index is 1530. The number of thiophene rings is 1. The van der Waals surface area contributed by atoms with Crippen molar-refractivity contribution in [2.75, 3.05) is 0 Å². The molecule has 2 heterocycles. The van der Waals surface area contributed by atoms with Crippen LogP contribution in [-0.4, -0.2) is 15.0 Å². The first-order valence-electron chi connectivity index (χ1n) is 10.9. The number of aryl methyl sites for hydroxylation is 1. The maximum Gasteiger partial charge on any atom is 0.165 e. The molecule has 1 aliphatic carbocycles. The third-order valence-electron chi connectivity index (χ3n) is 5.81. The normalized spacial score (nSPS) is 13.6. The molecule has 154 valence electrons. The molecule has 0 saturated heterocycles. The molecule has 0 spiro atoms. The molecule has 0 fully saturated rings. The number of aromatic nitrogens is 3. The highest BCUT2D eigenvalue weighted by atomic mass is 32.1. The van der Waals surface area contributed by atoms with Gasteiger partial charge >= 0.3 is 0 Å². The lowest BCUT2D eigenvalue weighted by molar-refractivity contribution is 1.01. The fourth-order valence-corrected chi connectivity index (χ4v) is 5.40. The van der Waals surface area contributed by atoms with Gasteiger partial charge < -0.3 is 0 Å². The van der Waals surface area contributed by atoms with Crippen LogP contribution in [-0.2, 0) is 0 Å². The van der Waals surface area contributed by atoms with E-state index >= 15 is 0 Å². The van der Waals surface area contributed by atoms with Crippen LogP contribution in [0.3, 0.4) is 0 Å². The molecule has 0 radical (unpaired) electrons. The Morgan fingerprint density at radius 1 is 0.750 bits per heavy atom. The molecule has 0 saturated carbocycles. The Morgan fingerprint density at radius 3 is 2.44 bits per heavy atom. The lowest BCUT2D eigenvalue weighted by Crippen LogP contribution is -2.03. The van der Waals surface area contributed by atoms with E-state index in [0.717, 1.165) is 41.2 Å².